The fourth-order valence-electron chi connectivity index (χ4n) is 3.01. The number of rotatable bonds is 5. The zero-order valence-corrected chi connectivity index (χ0v) is 14.7. The average molecular weight is 359 g/mol. The number of nitrogens with one attached hydrogen (secondary N) is 1. The largest absolute Gasteiger partial charge is 0.420 e. The third kappa shape index (κ3) is 4.36. The maximum Gasteiger partial charge on any atom is 0.308 e. The van der Waals surface area contributed by atoms with Gasteiger partial charge in [0.05, 0.1) is 6.54 Å². The molecule has 0 atom stereocenters. The van der Waals surface area contributed by atoms with Gasteiger partial charge in [-0.3, -0.25) is 14.5 Å². The second-order valence-corrected chi connectivity index (χ2v) is 6.31. The van der Waals surface area contributed by atoms with Crippen LogP contribution in [0.25, 0.3) is 0 Å². The summed E-state index contributed by atoms with van der Waals surface area (Å²) >= 11 is 0. The van der Waals surface area contributed by atoms with Crippen molar-refractivity contribution < 1.29 is 13.9 Å². The number of benzene rings is 1. The molecule has 1 fully saturated rings. The lowest BCUT2D eigenvalue weighted by Gasteiger charge is -2.27. The predicted octanol–water partition coefficient (Wildman–Crippen LogP) is 1.37. The minimum atomic E-state index is -0.549. The number of pyridine rings is 1. The van der Waals surface area contributed by atoms with Gasteiger partial charge in [0.25, 0.3) is 5.56 Å². The first-order valence-electron chi connectivity index (χ1n) is 8.62. The summed E-state index contributed by atoms with van der Waals surface area (Å²) in [6.07, 6.45) is 1.62. The fraction of sp³-hybridized carbons (Fsp3) is 0.368. The van der Waals surface area contributed by atoms with Crippen LogP contribution >= 0.6 is 0 Å². The maximum absolute atomic E-state index is 13.9. The van der Waals surface area contributed by atoms with Gasteiger partial charge in [0.2, 0.25) is 5.75 Å². The van der Waals surface area contributed by atoms with E-state index < -0.39 is 11.5 Å². The summed E-state index contributed by atoms with van der Waals surface area (Å²) in [6.45, 7) is 5.35. The Labute approximate surface area is 151 Å². The molecule has 26 heavy (non-hydrogen) atoms. The second-order valence-electron chi connectivity index (χ2n) is 6.31. The van der Waals surface area contributed by atoms with Crippen LogP contribution in [0.1, 0.15) is 18.1 Å². The Morgan fingerprint density at radius 2 is 1.88 bits per heavy atom. The molecule has 6 nitrogen and oxygen atoms in total. The average Bonchev–Trinajstić information content (AvgIpc) is 2.63. The molecular formula is C19H22FN3O3. The topological polar surface area (TPSA) is 63.6 Å². The first kappa shape index (κ1) is 18.3. The van der Waals surface area contributed by atoms with E-state index in [2.05, 4.69) is 10.2 Å². The highest BCUT2D eigenvalue weighted by molar-refractivity contribution is 5.69. The van der Waals surface area contributed by atoms with Crippen LogP contribution in [-0.2, 0) is 17.9 Å². The molecule has 0 aliphatic carbocycles. The van der Waals surface area contributed by atoms with Crippen LogP contribution in [0.4, 0.5) is 4.39 Å². The quantitative estimate of drug-likeness (QED) is 0.817. The third-order valence-electron chi connectivity index (χ3n) is 4.35. The Hall–Kier alpha value is -2.51. The zero-order chi connectivity index (χ0) is 18.5. The molecule has 1 aliphatic heterocycles. The number of ether oxygens (including phenoxy) is 1. The van der Waals surface area contributed by atoms with Crippen molar-refractivity contribution in [3.8, 4) is 5.75 Å². The van der Waals surface area contributed by atoms with E-state index in [-0.39, 0.29) is 18.1 Å². The van der Waals surface area contributed by atoms with Gasteiger partial charge in [-0.2, -0.15) is 0 Å². The Balaban J connectivity index is 1.91. The second kappa shape index (κ2) is 8.25. The van der Waals surface area contributed by atoms with Gasteiger partial charge in [-0.1, -0.05) is 18.2 Å². The molecule has 0 spiro atoms. The van der Waals surface area contributed by atoms with Crippen molar-refractivity contribution in [2.45, 2.75) is 20.0 Å². The number of carbonyl (C=O) groups is 1. The molecule has 0 unspecified atom stereocenters. The Kier molecular flexibility index (Phi) is 5.80. The van der Waals surface area contributed by atoms with E-state index in [1.165, 1.54) is 17.6 Å². The van der Waals surface area contributed by atoms with E-state index in [9.17, 15) is 14.0 Å². The summed E-state index contributed by atoms with van der Waals surface area (Å²) < 4.78 is 20.5. The van der Waals surface area contributed by atoms with Crippen LogP contribution in [0, 0.1) is 5.82 Å². The molecule has 0 saturated carbocycles. The summed E-state index contributed by atoms with van der Waals surface area (Å²) in [5, 5.41) is 3.27. The summed E-state index contributed by atoms with van der Waals surface area (Å²) in [6, 6.07) is 8.06. The summed E-state index contributed by atoms with van der Waals surface area (Å²) in [7, 11) is 0. The lowest BCUT2D eigenvalue weighted by atomic mass is 10.2. The van der Waals surface area contributed by atoms with Crippen molar-refractivity contribution in [2.75, 3.05) is 26.2 Å². The van der Waals surface area contributed by atoms with Crippen LogP contribution in [-0.4, -0.2) is 41.6 Å². The van der Waals surface area contributed by atoms with Crippen LogP contribution < -0.4 is 15.6 Å². The first-order chi connectivity index (χ1) is 12.5. The molecule has 0 radical (unpaired) electrons. The van der Waals surface area contributed by atoms with Gasteiger partial charge >= 0.3 is 5.97 Å². The van der Waals surface area contributed by atoms with Crippen molar-refractivity contribution in [1.29, 1.82) is 0 Å². The van der Waals surface area contributed by atoms with Crippen molar-refractivity contribution >= 4 is 5.97 Å². The predicted molar refractivity (Wildman–Crippen MR) is 95.7 cm³/mol. The van der Waals surface area contributed by atoms with E-state index >= 15 is 0 Å². The highest BCUT2D eigenvalue weighted by atomic mass is 19.1. The van der Waals surface area contributed by atoms with Crippen LogP contribution in [0.5, 0.6) is 5.75 Å². The molecule has 7 heteroatoms. The molecule has 1 aliphatic rings. The Morgan fingerprint density at radius 1 is 1.15 bits per heavy atom. The number of carbonyl (C=O) groups excluding carboxylic acids is 1. The number of aromatic nitrogens is 1. The monoisotopic (exact) mass is 359 g/mol. The Morgan fingerprint density at radius 3 is 2.58 bits per heavy atom. The highest BCUT2D eigenvalue weighted by Gasteiger charge is 2.18. The number of halogens is 1. The van der Waals surface area contributed by atoms with Crippen molar-refractivity contribution in [1.82, 2.24) is 14.8 Å². The van der Waals surface area contributed by atoms with Gasteiger partial charge in [0, 0.05) is 57.0 Å². The molecule has 3 rings (SSSR count). The zero-order valence-electron chi connectivity index (χ0n) is 14.7. The normalized spacial score (nSPS) is 15.0. The van der Waals surface area contributed by atoms with Crippen LogP contribution in [0.2, 0.25) is 0 Å². The molecule has 1 aromatic carbocycles. The number of esters is 1. The van der Waals surface area contributed by atoms with Crippen molar-refractivity contribution in [3.05, 3.63) is 63.8 Å². The summed E-state index contributed by atoms with van der Waals surface area (Å²) in [4.78, 5) is 26.5. The van der Waals surface area contributed by atoms with Gasteiger partial charge in [0.15, 0.2) is 0 Å². The van der Waals surface area contributed by atoms with E-state index in [0.717, 1.165) is 26.2 Å². The van der Waals surface area contributed by atoms with E-state index in [1.807, 2.05) is 0 Å². The number of hydrogen-bond donors (Lipinski definition) is 1. The van der Waals surface area contributed by atoms with Gasteiger partial charge in [-0.05, 0) is 12.1 Å². The summed E-state index contributed by atoms with van der Waals surface area (Å²) in [5.74, 6) is -0.902. The van der Waals surface area contributed by atoms with Crippen molar-refractivity contribution in [3.63, 3.8) is 0 Å². The standard InChI is InChI=1S/C19H22FN3O3/c1-14(24)26-18-16(12-22-10-7-21-8-11-22)6-9-23(19(18)25)13-15-4-2-3-5-17(15)20/h2-6,9,21H,7-8,10-13H2,1H3. The number of piperazine rings is 1. The van der Waals surface area contributed by atoms with Gasteiger partial charge in [-0.25, -0.2) is 4.39 Å². The minimum absolute atomic E-state index is 0.0230. The van der Waals surface area contributed by atoms with Gasteiger partial charge in [0.1, 0.15) is 5.82 Å². The van der Waals surface area contributed by atoms with E-state index in [1.54, 1.807) is 30.5 Å². The van der Waals surface area contributed by atoms with Crippen LogP contribution in [0.15, 0.2) is 41.3 Å². The number of hydrogen-bond acceptors (Lipinski definition) is 5. The third-order valence-corrected chi connectivity index (χ3v) is 4.35. The van der Waals surface area contributed by atoms with Crippen molar-refractivity contribution in [2.24, 2.45) is 0 Å². The van der Waals surface area contributed by atoms with E-state index in [4.69, 9.17) is 4.74 Å². The molecule has 1 N–H and O–H groups in total. The molecular weight excluding hydrogens is 337 g/mol. The lowest BCUT2D eigenvalue weighted by molar-refractivity contribution is -0.132. The molecule has 1 saturated heterocycles. The maximum atomic E-state index is 13.9. The molecule has 2 aromatic rings. The Bertz CT molecular complexity index is 844. The smallest absolute Gasteiger partial charge is 0.308 e. The fourth-order valence-corrected chi connectivity index (χ4v) is 3.01. The van der Waals surface area contributed by atoms with Crippen LogP contribution in [0.3, 0.4) is 0 Å². The molecule has 0 bridgehead atoms. The summed E-state index contributed by atoms with van der Waals surface area (Å²) in [5.41, 5.74) is 0.631. The molecule has 0 amide bonds. The SMILES string of the molecule is CC(=O)Oc1c(CN2CCNCC2)ccn(Cc2ccccc2F)c1=O. The first-order valence-corrected chi connectivity index (χ1v) is 8.62. The minimum Gasteiger partial charge on any atom is -0.420 e. The van der Waals surface area contributed by atoms with Gasteiger partial charge in [-0.15, -0.1) is 0 Å². The molecule has 138 valence electrons. The molecule has 1 aromatic heterocycles. The highest BCUT2D eigenvalue weighted by Crippen LogP contribution is 2.17. The number of nitrogens with zero attached hydrogens (tertiary/aromatic N) is 2. The van der Waals surface area contributed by atoms with E-state index in [0.29, 0.717) is 17.7 Å². The molecule has 2 heterocycles. The van der Waals surface area contributed by atoms with Gasteiger partial charge < -0.3 is 14.6 Å². The lowest BCUT2D eigenvalue weighted by Crippen LogP contribution is -2.43.